The van der Waals surface area contributed by atoms with Crippen LogP contribution in [-0.4, -0.2) is 21.7 Å². The first kappa shape index (κ1) is 17.0. The molecule has 0 radical (unpaired) electrons. The number of nitrogens with one attached hydrogen (secondary N) is 1. The fourth-order valence-corrected chi connectivity index (χ4v) is 2.01. The van der Waals surface area contributed by atoms with E-state index < -0.39 is 5.97 Å². The number of carboxylic acid groups (broad SMARTS) is 1. The number of aromatic carboxylic acids is 1. The largest absolute Gasteiger partial charge is 0.478 e. The molecule has 0 saturated carbocycles. The number of benzene rings is 1. The molecule has 0 aliphatic heterocycles. The molecule has 2 N–H and O–H groups in total. The van der Waals surface area contributed by atoms with Gasteiger partial charge in [-0.15, -0.1) is 0 Å². The topological polar surface area (TPSA) is 71.5 Å². The predicted octanol–water partition coefficient (Wildman–Crippen LogP) is 3.25. The third-order valence-electron chi connectivity index (χ3n) is 3.07. The summed E-state index contributed by atoms with van der Waals surface area (Å²) in [4.78, 5) is 15.1. The molecule has 2 aromatic rings. The summed E-state index contributed by atoms with van der Waals surface area (Å²) in [5, 5.41) is 12.2. The summed E-state index contributed by atoms with van der Waals surface area (Å²) in [6.45, 7) is 7.31. The summed E-state index contributed by atoms with van der Waals surface area (Å²) in [6, 6.07) is 10.7. The minimum atomic E-state index is -0.909. The third kappa shape index (κ3) is 5.71. The number of ether oxygens (including phenoxy) is 1. The number of aromatic nitrogens is 1. The lowest BCUT2D eigenvalue weighted by Gasteiger charge is -2.20. The molecule has 5 heteroatoms. The molecule has 0 amide bonds. The van der Waals surface area contributed by atoms with E-state index in [1.54, 1.807) is 18.3 Å². The maximum atomic E-state index is 10.8. The molecule has 0 saturated heterocycles. The average Bonchev–Trinajstić information content (AvgIpc) is 2.48. The van der Waals surface area contributed by atoms with Crippen molar-refractivity contribution in [2.24, 2.45) is 0 Å². The van der Waals surface area contributed by atoms with Crippen LogP contribution in [0.25, 0.3) is 0 Å². The first-order chi connectivity index (χ1) is 10.8. The summed E-state index contributed by atoms with van der Waals surface area (Å²) in [7, 11) is 0. The van der Waals surface area contributed by atoms with Crippen molar-refractivity contribution in [1.29, 1.82) is 0 Å². The van der Waals surface area contributed by atoms with Crippen molar-refractivity contribution >= 4 is 5.97 Å². The van der Waals surface area contributed by atoms with E-state index in [2.05, 4.69) is 10.3 Å². The molecule has 5 nitrogen and oxygen atoms in total. The molecule has 1 aromatic carbocycles. The van der Waals surface area contributed by atoms with Gasteiger partial charge in [0.1, 0.15) is 5.60 Å². The lowest BCUT2D eigenvalue weighted by atomic mass is 10.1. The molecule has 0 aliphatic carbocycles. The Hall–Kier alpha value is -2.40. The standard InChI is InChI=1S/C18H22N2O3/c1-18(2,3)23-16-9-6-14(12-20-16)11-19-10-13-4-7-15(8-5-13)17(21)22/h4-9,12,19H,10-11H2,1-3H3,(H,21,22). The molecule has 23 heavy (non-hydrogen) atoms. The van der Waals surface area contributed by atoms with Crippen molar-refractivity contribution in [3.05, 3.63) is 59.3 Å². The van der Waals surface area contributed by atoms with Crippen molar-refractivity contribution in [2.45, 2.75) is 39.5 Å². The van der Waals surface area contributed by atoms with Crippen molar-refractivity contribution < 1.29 is 14.6 Å². The molecule has 0 unspecified atom stereocenters. The number of rotatable bonds is 6. The van der Waals surface area contributed by atoms with Gasteiger partial charge >= 0.3 is 5.97 Å². The van der Waals surface area contributed by atoms with E-state index in [0.717, 1.165) is 11.1 Å². The van der Waals surface area contributed by atoms with Gasteiger partial charge in [-0.2, -0.15) is 0 Å². The quantitative estimate of drug-likeness (QED) is 0.856. The van der Waals surface area contributed by atoms with Crippen molar-refractivity contribution in [3.8, 4) is 5.88 Å². The average molecular weight is 314 g/mol. The van der Waals surface area contributed by atoms with E-state index in [1.807, 2.05) is 45.0 Å². The van der Waals surface area contributed by atoms with Gasteiger partial charge in [-0.05, 0) is 44.0 Å². The second-order valence-electron chi connectivity index (χ2n) is 6.32. The summed E-state index contributed by atoms with van der Waals surface area (Å²) in [5.41, 5.74) is 2.14. The molecule has 122 valence electrons. The summed E-state index contributed by atoms with van der Waals surface area (Å²) < 4.78 is 5.68. The highest BCUT2D eigenvalue weighted by Crippen LogP contribution is 2.15. The maximum absolute atomic E-state index is 10.8. The third-order valence-corrected chi connectivity index (χ3v) is 3.07. The Morgan fingerprint density at radius 1 is 1.09 bits per heavy atom. The number of nitrogens with zero attached hydrogens (tertiary/aromatic N) is 1. The lowest BCUT2D eigenvalue weighted by molar-refractivity contribution is 0.0697. The van der Waals surface area contributed by atoms with E-state index in [-0.39, 0.29) is 5.60 Å². The van der Waals surface area contributed by atoms with Crippen LogP contribution >= 0.6 is 0 Å². The van der Waals surface area contributed by atoms with Gasteiger partial charge in [0.05, 0.1) is 5.56 Å². The van der Waals surface area contributed by atoms with E-state index in [0.29, 0.717) is 24.5 Å². The minimum absolute atomic E-state index is 0.255. The fraction of sp³-hybridized carbons (Fsp3) is 0.333. The van der Waals surface area contributed by atoms with E-state index in [1.165, 1.54) is 0 Å². The molecule has 0 atom stereocenters. The van der Waals surface area contributed by atoms with Gasteiger partial charge in [0.2, 0.25) is 5.88 Å². The number of pyridine rings is 1. The fourth-order valence-electron chi connectivity index (χ4n) is 2.01. The lowest BCUT2D eigenvalue weighted by Crippen LogP contribution is -2.23. The van der Waals surface area contributed by atoms with Crippen molar-refractivity contribution in [2.75, 3.05) is 0 Å². The second kappa shape index (κ2) is 7.24. The van der Waals surface area contributed by atoms with E-state index in [9.17, 15) is 4.79 Å². The van der Waals surface area contributed by atoms with Gasteiger partial charge in [0.15, 0.2) is 0 Å². The van der Waals surface area contributed by atoms with Crippen molar-refractivity contribution in [1.82, 2.24) is 10.3 Å². The second-order valence-corrected chi connectivity index (χ2v) is 6.32. The molecule has 0 bridgehead atoms. The van der Waals surface area contributed by atoms with Gasteiger partial charge in [0, 0.05) is 25.4 Å². The first-order valence-electron chi connectivity index (χ1n) is 7.50. The molecular weight excluding hydrogens is 292 g/mol. The molecule has 1 aromatic heterocycles. The maximum Gasteiger partial charge on any atom is 0.335 e. The molecular formula is C18H22N2O3. The van der Waals surface area contributed by atoms with Gasteiger partial charge in [0.25, 0.3) is 0 Å². The zero-order valence-corrected chi connectivity index (χ0v) is 13.7. The number of hydrogen-bond acceptors (Lipinski definition) is 4. The van der Waals surface area contributed by atoms with Crippen LogP contribution in [0.15, 0.2) is 42.6 Å². The van der Waals surface area contributed by atoms with Crippen molar-refractivity contribution in [3.63, 3.8) is 0 Å². The smallest absolute Gasteiger partial charge is 0.335 e. The Kier molecular flexibility index (Phi) is 5.34. The van der Waals surface area contributed by atoms with Crippen LogP contribution in [0.1, 0.15) is 42.3 Å². The van der Waals surface area contributed by atoms with Crippen LogP contribution in [-0.2, 0) is 13.1 Å². The number of hydrogen-bond donors (Lipinski definition) is 2. The Bertz CT molecular complexity index is 643. The molecule has 0 fully saturated rings. The van der Waals surface area contributed by atoms with Gasteiger partial charge < -0.3 is 15.2 Å². The summed E-state index contributed by atoms with van der Waals surface area (Å²) in [5.74, 6) is -0.293. The molecule has 0 spiro atoms. The van der Waals surface area contributed by atoms with Crippen LogP contribution in [0.3, 0.4) is 0 Å². The Labute approximate surface area is 136 Å². The molecule has 0 aliphatic rings. The SMILES string of the molecule is CC(C)(C)Oc1ccc(CNCc2ccc(C(=O)O)cc2)cn1. The number of carbonyl (C=O) groups is 1. The van der Waals surface area contributed by atoms with Crippen LogP contribution < -0.4 is 10.1 Å². The zero-order chi connectivity index (χ0) is 16.9. The van der Waals surface area contributed by atoms with Gasteiger partial charge in [-0.1, -0.05) is 18.2 Å². The van der Waals surface area contributed by atoms with Crippen LogP contribution in [0.4, 0.5) is 0 Å². The zero-order valence-electron chi connectivity index (χ0n) is 13.7. The summed E-state index contributed by atoms with van der Waals surface area (Å²) in [6.07, 6.45) is 1.79. The van der Waals surface area contributed by atoms with Gasteiger partial charge in [-0.3, -0.25) is 0 Å². The Balaban J connectivity index is 1.83. The van der Waals surface area contributed by atoms with E-state index >= 15 is 0 Å². The monoisotopic (exact) mass is 314 g/mol. The van der Waals surface area contributed by atoms with Crippen LogP contribution in [0, 0.1) is 0 Å². The van der Waals surface area contributed by atoms with E-state index in [4.69, 9.17) is 9.84 Å². The highest BCUT2D eigenvalue weighted by molar-refractivity contribution is 5.87. The molecule has 1 heterocycles. The highest BCUT2D eigenvalue weighted by Gasteiger charge is 2.12. The first-order valence-corrected chi connectivity index (χ1v) is 7.50. The van der Waals surface area contributed by atoms with Gasteiger partial charge in [-0.25, -0.2) is 9.78 Å². The number of carboxylic acids is 1. The normalized spacial score (nSPS) is 11.3. The van der Waals surface area contributed by atoms with Crippen LogP contribution in [0.2, 0.25) is 0 Å². The Morgan fingerprint density at radius 2 is 1.70 bits per heavy atom. The predicted molar refractivity (Wildman–Crippen MR) is 88.6 cm³/mol. The highest BCUT2D eigenvalue weighted by atomic mass is 16.5. The summed E-state index contributed by atoms with van der Waals surface area (Å²) >= 11 is 0. The van der Waals surface area contributed by atoms with Crippen LogP contribution in [0.5, 0.6) is 5.88 Å². The Morgan fingerprint density at radius 3 is 2.22 bits per heavy atom. The molecule has 2 rings (SSSR count). The minimum Gasteiger partial charge on any atom is -0.478 e.